The van der Waals surface area contributed by atoms with Gasteiger partial charge in [0.25, 0.3) is 0 Å². The molecule has 10 heavy (non-hydrogen) atoms. The Morgan fingerprint density at radius 3 is 2.10 bits per heavy atom. The van der Waals surface area contributed by atoms with Gasteiger partial charge in [-0.3, -0.25) is 0 Å². The number of rotatable bonds is 0. The van der Waals surface area contributed by atoms with Gasteiger partial charge < -0.3 is 14.2 Å². The molecule has 0 saturated carbocycles. The molecule has 3 nitrogen and oxygen atoms in total. The molecule has 2 rings (SSSR count). The Kier molecular flexibility index (Phi) is 1.27. The van der Waals surface area contributed by atoms with Crippen LogP contribution in [0.25, 0.3) is 0 Å². The first-order valence-electron chi connectivity index (χ1n) is 3.61. The predicted molar refractivity (Wildman–Crippen MR) is 34.6 cm³/mol. The van der Waals surface area contributed by atoms with Gasteiger partial charge in [0.2, 0.25) is 0 Å². The maximum atomic E-state index is 5.40. The summed E-state index contributed by atoms with van der Waals surface area (Å²) < 4.78 is 16.0. The third-order valence-electron chi connectivity index (χ3n) is 1.88. The van der Waals surface area contributed by atoms with Crippen LogP contribution in [0.2, 0.25) is 0 Å². The van der Waals surface area contributed by atoms with Crippen LogP contribution in [0.1, 0.15) is 13.8 Å². The van der Waals surface area contributed by atoms with Crippen molar-refractivity contribution in [2.45, 2.75) is 31.8 Å². The second-order valence-corrected chi connectivity index (χ2v) is 3.23. The van der Waals surface area contributed by atoms with Gasteiger partial charge in [0.1, 0.15) is 12.2 Å². The van der Waals surface area contributed by atoms with Crippen molar-refractivity contribution in [3.63, 3.8) is 0 Å². The number of fused-ring (bicyclic) bond motifs is 1. The van der Waals surface area contributed by atoms with E-state index >= 15 is 0 Å². The molecule has 2 aliphatic heterocycles. The van der Waals surface area contributed by atoms with Crippen LogP contribution >= 0.6 is 0 Å². The Morgan fingerprint density at radius 2 is 1.60 bits per heavy atom. The van der Waals surface area contributed by atoms with Crippen LogP contribution in [0.3, 0.4) is 0 Å². The minimum atomic E-state index is -0.406. The van der Waals surface area contributed by atoms with Gasteiger partial charge in [-0.1, -0.05) is 0 Å². The summed E-state index contributed by atoms with van der Waals surface area (Å²) in [6.07, 6.45) is 0.614. The highest BCUT2D eigenvalue weighted by Crippen LogP contribution is 2.29. The van der Waals surface area contributed by atoms with Gasteiger partial charge in [-0.2, -0.15) is 0 Å². The zero-order chi connectivity index (χ0) is 7.19. The smallest absolute Gasteiger partial charge is 0.163 e. The summed E-state index contributed by atoms with van der Waals surface area (Å²) in [6.45, 7) is 5.21. The fourth-order valence-electron chi connectivity index (χ4n) is 1.08. The summed E-state index contributed by atoms with van der Waals surface area (Å²) in [7, 11) is 0. The minimum absolute atomic E-state index is 0.307. The third-order valence-corrected chi connectivity index (χ3v) is 1.88. The monoisotopic (exact) mass is 144 g/mol. The van der Waals surface area contributed by atoms with Gasteiger partial charge in [0, 0.05) is 0 Å². The van der Waals surface area contributed by atoms with Crippen molar-refractivity contribution >= 4 is 0 Å². The first-order valence-corrected chi connectivity index (χ1v) is 3.61. The van der Waals surface area contributed by atoms with E-state index in [9.17, 15) is 0 Å². The highest BCUT2D eigenvalue weighted by atomic mass is 16.7. The Hall–Kier alpha value is -0.120. The Labute approximate surface area is 60.3 Å². The average molecular weight is 144 g/mol. The van der Waals surface area contributed by atoms with E-state index in [4.69, 9.17) is 14.2 Å². The molecule has 2 atom stereocenters. The first kappa shape index (κ1) is 6.58. The third kappa shape index (κ3) is 1.17. The molecule has 0 spiro atoms. The lowest BCUT2D eigenvalue weighted by atomic mass is 10.3. The highest BCUT2D eigenvalue weighted by molar-refractivity contribution is 4.87. The van der Waals surface area contributed by atoms with Crippen LogP contribution in [0.4, 0.5) is 0 Å². The Balaban J connectivity index is 1.96. The maximum Gasteiger partial charge on any atom is 0.163 e. The molecule has 2 fully saturated rings. The van der Waals surface area contributed by atoms with Crippen LogP contribution in [0, 0.1) is 0 Å². The molecule has 0 aliphatic carbocycles. The molecule has 0 amide bonds. The number of hydrogen-bond acceptors (Lipinski definition) is 3. The lowest BCUT2D eigenvalue weighted by Crippen LogP contribution is -2.28. The van der Waals surface area contributed by atoms with Crippen molar-refractivity contribution in [3.8, 4) is 0 Å². The zero-order valence-corrected chi connectivity index (χ0v) is 6.29. The molecule has 0 radical (unpaired) electrons. The highest BCUT2D eigenvalue weighted by Gasteiger charge is 2.44. The van der Waals surface area contributed by atoms with Crippen LogP contribution in [-0.2, 0) is 14.2 Å². The van der Waals surface area contributed by atoms with Crippen LogP contribution < -0.4 is 0 Å². The SMILES string of the molecule is CC1(C)OC[C@@H]2O[C@H]2CO1. The number of epoxide rings is 1. The first-order chi connectivity index (χ1) is 4.67. The van der Waals surface area contributed by atoms with Gasteiger partial charge in [-0.25, -0.2) is 0 Å². The van der Waals surface area contributed by atoms with Crippen molar-refractivity contribution in [1.29, 1.82) is 0 Å². The summed E-state index contributed by atoms with van der Waals surface area (Å²) in [5, 5.41) is 0. The van der Waals surface area contributed by atoms with Crippen LogP contribution in [0.5, 0.6) is 0 Å². The quantitative estimate of drug-likeness (QED) is 0.465. The Bertz CT molecular complexity index is 130. The van der Waals surface area contributed by atoms with E-state index in [2.05, 4.69) is 0 Å². The van der Waals surface area contributed by atoms with E-state index in [1.54, 1.807) is 0 Å². The molecule has 2 saturated heterocycles. The zero-order valence-electron chi connectivity index (χ0n) is 6.29. The van der Waals surface area contributed by atoms with Crippen molar-refractivity contribution < 1.29 is 14.2 Å². The second-order valence-electron chi connectivity index (χ2n) is 3.23. The van der Waals surface area contributed by atoms with Crippen molar-refractivity contribution in [3.05, 3.63) is 0 Å². The lowest BCUT2D eigenvalue weighted by Gasteiger charge is -2.23. The molecular formula is C7H12O3. The second kappa shape index (κ2) is 1.94. The van der Waals surface area contributed by atoms with Gasteiger partial charge in [0.15, 0.2) is 5.79 Å². The number of hydrogen-bond donors (Lipinski definition) is 0. The van der Waals surface area contributed by atoms with Crippen LogP contribution in [-0.4, -0.2) is 31.2 Å². The maximum absolute atomic E-state index is 5.40. The average Bonchev–Trinajstić information content (AvgIpc) is 2.56. The lowest BCUT2D eigenvalue weighted by molar-refractivity contribution is -0.212. The standard InChI is InChI=1S/C7H12O3/c1-7(2)8-3-5-6(10-5)4-9-7/h5-6H,3-4H2,1-2H3/t5-,6-/m0/s1. The van der Waals surface area contributed by atoms with Gasteiger partial charge in [-0.15, -0.1) is 0 Å². The molecule has 2 heterocycles. The molecule has 0 bridgehead atoms. The van der Waals surface area contributed by atoms with Gasteiger partial charge >= 0.3 is 0 Å². The molecule has 0 unspecified atom stereocenters. The van der Waals surface area contributed by atoms with Crippen molar-refractivity contribution in [2.75, 3.05) is 13.2 Å². The van der Waals surface area contributed by atoms with E-state index in [0.29, 0.717) is 25.4 Å². The topological polar surface area (TPSA) is 31.0 Å². The molecule has 2 aliphatic rings. The van der Waals surface area contributed by atoms with Crippen molar-refractivity contribution in [1.82, 2.24) is 0 Å². The molecule has 0 aromatic carbocycles. The fraction of sp³-hybridized carbons (Fsp3) is 1.00. The van der Waals surface area contributed by atoms with Crippen LogP contribution in [0.15, 0.2) is 0 Å². The molecule has 0 aromatic heterocycles. The number of ether oxygens (including phenoxy) is 3. The summed E-state index contributed by atoms with van der Waals surface area (Å²) >= 11 is 0. The summed E-state index contributed by atoms with van der Waals surface area (Å²) in [6, 6.07) is 0. The van der Waals surface area contributed by atoms with E-state index in [0.717, 1.165) is 0 Å². The van der Waals surface area contributed by atoms with E-state index < -0.39 is 5.79 Å². The minimum Gasteiger partial charge on any atom is -0.365 e. The molecule has 0 N–H and O–H groups in total. The molecule has 0 aromatic rings. The summed E-state index contributed by atoms with van der Waals surface area (Å²) in [5.41, 5.74) is 0. The normalized spacial score (nSPS) is 43.8. The van der Waals surface area contributed by atoms with Gasteiger partial charge in [0.05, 0.1) is 13.2 Å². The Morgan fingerprint density at radius 1 is 1.10 bits per heavy atom. The van der Waals surface area contributed by atoms with E-state index in [-0.39, 0.29) is 0 Å². The molecule has 58 valence electrons. The van der Waals surface area contributed by atoms with E-state index in [1.165, 1.54) is 0 Å². The van der Waals surface area contributed by atoms with Gasteiger partial charge in [-0.05, 0) is 13.8 Å². The predicted octanol–water partition coefficient (Wildman–Crippen LogP) is 0.537. The summed E-state index contributed by atoms with van der Waals surface area (Å²) in [5.74, 6) is -0.406. The van der Waals surface area contributed by atoms with E-state index in [1.807, 2.05) is 13.8 Å². The van der Waals surface area contributed by atoms with Crippen molar-refractivity contribution in [2.24, 2.45) is 0 Å². The fourth-order valence-corrected chi connectivity index (χ4v) is 1.08. The molecule has 3 heteroatoms. The largest absolute Gasteiger partial charge is 0.365 e. The summed E-state index contributed by atoms with van der Waals surface area (Å²) in [4.78, 5) is 0. The molecular weight excluding hydrogens is 132 g/mol.